The van der Waals surface area contributed by atoms with Crippen LogP contribution in [0.5, 0.6) is 0 Å². The monoisotopic (exact) mass is 895 g/mol. The molecule has 68 heavy (non-hydrogen) atoms. The summed E-state index contributed by atoms with van der Waals surface area (Å²) in [4.78, 5) is 15.3. The van der Waals surface area contributed by atoms with Gasteiger partial charge in [-0.15, -0.1) is 0 Å². The van der Waals surface area contributed by atoms with Crippen molar-refractivity contribution >= 4 is 23.1 Å². The predicted molar refractivity (Wildman–Crippen MR) is 282 cm³/mol. The van der Waals surface area contributed by atoms with E-state index in [0.29, 0.717) is 17.5 Å². The lowest BCUT2D eigenvalue weighted by atomic mass is 9.65. The van der Waals surface area contributed by atoms with E-state index in [2.05, 4.69) is 152 Å². The van der Waals surface area contributed by atoms with Gasteiger partial charge in [-0.2, -0.15) is 0 Å². The van der Waals surface area contributed by atoms with Gasteiger partial charge in [0, 0.05) is 38.0 Å². The number of benzene rings is 9. The van der Waals surface area contributed by atoms with Crippen LogP contribution in [0.1, 0.15) is 43.2 Å². The van der Waals surface area contributed by atoms with Crippen molar-refractivity contribution in [2.45, 2.75) is 37.5 Å². The van der Waals surface area contributed by atoms with Gasteiger partial charge in [0.25, 0.3) is 0 Å². The largest absolute Gasteiger partial charge is 0.309 e. The summed E-state index contributed by atoms with van der Waals surface area (Å²) in [5.41, 5.74) is 12.2. The zero-order valence-corrected chi connectivity index (χ0v) is 38.7. The van der Waals surface area contributed by atoms with Gasteiger partial charge in [0.15, 0.2) is 24.6 Å². The fourth-order valence-electron chi connectivity index (χ4n) is 10.2. The lowest BCUT2D eigenvalue weighted by Crippen LogP contribution is -2.30. The van der Waals surface area contributed by atoms with E-state index in [1.807, 2.05) is 91.0 Å². The average Bonchev–Trinajstić information content (AvgIpc) is 3.44. The summed E-state index contributed by atoms with van der Waals surface area (Å²) in [5, 5.41) is 2.51. The second-order valence-corrected chi connectivity index (χ2v) is 20.6. The minimum Gasteiger partial charge on any atom is -0.309 e. The van der Waals surface area contributed by atoms with E-state index >= 15 is 4.57 Å². The summed E-state index contributed by atoms with van der Waals surface area (Å²) in [6.07, 6.45) is 5.75. The smallest absolute Gasteiger partial charge is 0.171 e. The van der Waals surface area contributed by atoms with E-state index in [4.69, 9.17) is 15.0 Å². The molecule has 0 bridgehead atoms. The first kappa shape index (κ1) is 42.8. The molecule has 11 rings (SSSR count). The number of hydrogen-bond donors (Lipinski definition) is 0. The molecule has 4 nitrogen and oxygen atoms in total. The van der Waals surface area contributed by atoms with Crippen molar-refractivity contribution in [3.8, 4) is 67.5 Å². The van der Waals surface area contributed by atoms with Crippen LogP contribution in [0.25, 0.3) is 67.5 Å². The lowest BCUT2D eigenvalue weighted by molar-refractivity contribution is 0.346. The molecule has 1 heterocycles. The van der Waals surface area contributed by atoms with Crippen molar-refractivity contribution < 1.29 is 4.57 Å². The van der Waals surface area contributed by atoms with Crippen molar-refractivity contribution in [3.05, 3.63) is 254 Å². The number of hydrogen-bond acceptors (Lipinski definition) is 4. The molecule has 0 aliphatic heterocycles. The Morgan fingerprint density at radius 2 is 0.662 bits per heavy atom. The third kappa shape index (κ3) is 8.34. The first-order valence-corrected chi connectivity index (χ1v) is 25.4. The van der Waals surface area contributed by atoms with Crippen LogP contribution in [0.2, 0.25) is 0 Å². The minimum atomic E-state index is -3.11. The highest BCUT2D eigenvalue weighted by Crippen LogP contribution is 2.47. The van der Waals surface area contributed by atoms with Gasteiger partial charge >= 0.3 is 0 Å². The summed E-state index contributed by atoms with van der Waals surface area (Å²) >= 11 is 0. The molecule has 5 heteroatoms. The SMILES string of the molecule is O=P(c1ccccc1)(c1ccccc1)c1cccc(-c2ccc(C3(c4ccc(-c5nc(-c6ccccc6)nc(-c6ccc(-c7ccccc7-c7ccccc7)cc6)n5)cc4)CCCCC3)cc2)c1. The molecule has 0 radical (unpaired) electrons. The maximum absolute atomic E-state index is 15.2. The molecule has 0 saturated heterocycles. The van der Waals surface area contributed by atoms with Gasteiger partial charge in [0.1, 0.15) is 0 Å². The van der Waals surface area contributed by atoms with Crippen molar-refractivity contribution in [1.29, 1.82) is 0 Å². The molecule has 0 spiro atoms. The van der Waals surface area contributed by atoms with Crippen LogP contribution in [-0.4, -0.2) is 15.0 Å². The Labute approximate surface area is 399 Å². The van der Waals surface area contributed by atoms with Gasteiger partial charge in [-0.05, 0) is 63.4 Å². The summed E-state index contributed by atoms with van der Waals surface area (Å²) in [7, 11) is -3.11. The van der Waals surface area contributed by atoms with Gasteiger partial charge in [0.05, 0.1) is 0 Å². The first-order chi connectivity index (χ1) is 33.5. The fourth-order valence-corrected chi connectivity index (χ4v) is 12.9. The van der Waals surface area contributed by atoms with Gasteiger partial charge < -0.3 is 4.57 Å². The van der Waals surface area contributed by atoms with E-state index in [1.54, 1.807) is 0 Å². The zero-order valence-electron chi connectivity index (χ0n) is 37.8. The lowest BCUT2D eigenvalue weighted by Gasteiger charge is -2.39. The summed E-state index contributed by atoms with van der Waals surface area (Å²) < 4.78 is 15.2. The van der Waals surface area contributed by atoms with Crippen molar-refractivity contribution in [3.63, 3.8) is 0 Å². The van der Waals surface area contributed by atoms with Gasteiger partial charge in [0.2, 0.25) is 0 Å². The molecule has 0 N–H and O–H groups in total. The van der Waals surface area contributed by atoms with E-state index in [9.17, 15) is 0 Å². The van der Waals surface area contributed by atoms with E-state index in [-0.39, 0.29) is 5.41 Å². The van der Waals surface area contributed by atoms with Crippen LogP contribution in [-0.2, 0) is 9.98 Å². The van der Waals surface area contributed by atoms with Gasteiger partial charge in [-0.3, -0.25) is 0 Å². The molecule has 1 aromatic heterocycles. The predicted octanol–water partition coefficient (Wildman–Crippen LogP) is 14.8. The molecule has 1 fully saturated rings. The molecule has 328 valence electrons. The van der Waals surface area contributed by atoms with Crippen LogP contribution >= 0.6 is 7.14 Å². The molecule has 1 aliphatic rings. The second-order valence-electron chi connectivity index (χ2n) is 17.8. The van der Waals surface area contributed by atoms with Crippen LogP contribution in [0.3, 0.4) is 0 Å². The fraction of sp³-hybridized carbons (Fsp3) is 0.0952. The van der Waals surface area contributed by atoms with E-state index < -0.39 is 7.14 Å². The number of aromatic nitrogens is 3. The van der Waals surface area contributed by atoms with Crippen molar-refractivity contribution in [2.24, 2.45) is 0 Å². The third-order valence-electron chi connectivity index (χ3n) is 13.8. The Morgan fingerprint density at radius 3 is 1.16 bits per heavy atom. The molecular formula is C63H50N3OP. The minimum absolute atomic E-state index is 0.117. The van der Waals surface area contributed by atoms with Crippen LogP contribution in [0.15, 0.2) is 243 Å². The Kier molecular flexibility index (Phi) is 11.9. The molecule has 0 amide bonds. The molecule has 1 saturated carbocycles. The van der Waals surface area contributed by atoms with Gasteiger partial charge in [-0.25, -0.2) is 15.0 Å². The van der Waals surface area contributed by atoms with E-state index in [0.717, 1.165) is 62.1 Å². The summed E-state index contributed by atoms with van der Waals surface area (Å²) in [5.74, 6) is 1.93. The van der Waals surface area contributed by atoms with Crippen molar-refractivity contribution in [1.82, 2.24) is 15.0 Å². The molecule has 10 aromatic rings. The second kappa shape index (κ2) is 18.8. The maximum atomic E-state index is 15.2. The Morgan fingerprint density at radius 1 is 0.309 bits per heavy atom. The summed E-state index contributed by atoms with van der Waals surface area (Å²) in [6.45, 7) is 0. The Bertz CT molecular complexity index is 3310. The molecule has 0 unspecified atom stereocenters. The van der Waals surface area contributed by atoms with Gasteiger partial charge in [-0.1, -0.05) is 256 Å². The number of rotatable bonds is 11. The third-order valence-corrected chi connectivity index (χ3v) is 16.8. The van der Waals surface area contributed by atoms with Crippen LogP contribution < -0.4 is 15.9 Å². The standard InChI is InChI=1S/C63H50N3OP/c67-68(55-24-10-3-11-25-55,56-26-12-4-13-27-56)57-28-18-23-52(45-57)46-35-39-53(40-36-46)63(43-16-5-17-44-63)54-41-37-51(38-42-54)62-65-60(49-21-8-2-9-22-49)64-61(66-62)50-33-31-48(32-34-50)59-30-15-14-29-58(59)47-19-6-1-7-20-47/h1-4,6-15,18-42,45H,5,16-17,43-44H2. The first-order valence-electron chi connectivity index (χ1n) is 23.7. The van der Waals surface area contributed by atoms with E-state index in [1.165, 1.54) is 47.1 Å². The Balaban J connectivity index is 0.909. The number of nitrogens with zero attached hydrogens (tertiary/aromatic N) is 3. The molecule has 9 aromatic carbocycles. The zero-order chi connectivity index (χ0) is 45.8. The molecule has 1 aliphatic carbocycles. The maximum Gasteiger partial charge on any atom is 0.171 e. The Hall–Kier alpha value is -7.78. The topological polar surface area (TPSA) is 55.7 Å². The highest BCUT2D eigenvalue weighted by atomic mass is 31.2. The van der Waals surface area contributed by atoms with Crippen LogP contribution in [0, 0.1) is 0 Å². The van der Waals surface area contributed by atoms with Crippen molar-refractivity contribution in [2.75, 3.05) is 0 Å². The highest BCUT2D eigenvalue weighted by molar-refractivity contribution is 7.85. The quantitative estimate of drug-likeness (QED) is 0.121. The molecule has 0 atom stereocenters. The average molecular weight is 896 g/mol. The highest BCUT2D eigenvalue weighted by Gasteiger charge is 2.36. The van der Waals surface area contributed by atoms with Crippen LogP contribution in [0.4, 0.5) is 0 Å². The summed E-state index contributed by atoms with van der Waals surface area (Å²) in [6, 6.07) is 84.1. The normalized spacial score (nSPS) is 13.5. The molecular weight excluding hydrogens is 846 g/mol.